The van der Waals surface area contributed by atoms with Crippen molar-refractivity contribution in [2.24, 2.45) is 11.8 Å². The third-order valence-electron chi connectivity index (χ3n) is 4.30. The zero-order chi connectivity index (χ0) is 12.8. The molecular weight excluding hydrogens is 244 g/mol. The van der Waals surface area contributed by atoms with Crippen molar-refractivity contribution < 1.29 is 4.79 Å². The summed E-state index contributed by atoms with van der Waals surface area (Å²) in [7, 11) is 2.01. The molecule has 0 radical (unpaired) electrons. The SMILES string of the molecule is CNCCC1CCN(C(=O)C2CCSCC2)CC1. The van der Waals surface area contributed by atoms with E-state index in [0.29, 0.717) is 11.8 Å². The van der Waals surface area contributed by atoms with E-state index in [9.17, 15) is 4.79 Å². The second-order valence-corrected chi connectivity index (χ2v) is 6.77. The zero-order valence-electron chi connectivity index (χ0n) is 11.5. The van der Waals surface area contributed by atoms with E-state index in [1.807, 2.05) is 18.8 Å². The third kappa shape index (κ3) is 3.89. The lowest BCUT2D eigenvalue weighted by Gasteiger charge is -2.35. The minimum atomic E-state index is 0.333. The molecule has 0 aromatic rings. The summed E-state index contributed by atoms with van der Waals surface area (Å²) in [6, 6.07) is 0. The molecule has 18 heavy (non-hydrogen) atoms. The van der Waals surface area contributed by atoms with Gasteiger partial charge in [-0.15, -0.1) is 0 Å². The van der Waals surface area contributed by atoms with Gasteiger partial charge in [0, 0.05) is 19.0 Å². The summed E-state index contributed by atoms with van der Waals surface area (Å²) < 4.78 is 0. The Balaban J connectivity index is 1.73. The highest BCUT2D eigenvalue weighted by molar-refractivity contribution is 7.99. The number of hydrogen-bond donors (Lipinski definition) is 1. The van der Waals surface area contributed by atoms with Gasteiger partial charge in [-0.25, -0.2) is 0 Å². The molecule has 2 heterocycles. The molecule has 0 saturated carbocycles. The van der Waals surface area contributed by atoms with Gasteiger partial charge in [-0.3, -0.25) is 4.79 Å². The molecule has 1 amide bonds. The van der Waals surface area contributed by atoms with Crippen LogP contribution in [0.25, 0.3) is 0 Å². The van der Waals surface area contributed by atoms with Gasteiger partial charge in [-0.05, 0) is 63.1 Å². The summed E-state index contributed by atoms with van der Waals surface area (Å²) in [4.78, 5) is 14.5. The van der Waals surface area contributed by atoms with Gasteiger partial charge in [-0.1, -0.05) is 0 Å². The Bertz CT molecular complexity index is 259. The zero-order valence-corrected chi connectivity index (χ0v) is 12.3. The normalized spacial score (nSPS) is 23.3. The lowest BCUT2D eigenvalue weighted by Crippen LogP contribution is -2.42. The van der Waals surface area contributed by atoms with E-state index in [-0.39, 0.29) is 0 Å². The molecule has 3 nitrogen and oxygen atoms in total. The van der Waals surface area contributed by atoms with Crippen LogP contribution in [0.2, 0.25) is 0 Å². The largest absolute Gasteiger partial charge is 0.342 e. The van der Waals surface area contributed by atoms with Gasteiger partial charge in [-0.2, -0.15) is 11.8 Å². The fourth-order valence-electron chi connectivity index (χ4n) is 2.99. The van der Waals surface area contributed by atoms with Gasteiger partial charge >= 0.3 is 0 Å². The van der Waals surface area contributed by atoms with Crippen LogP contribution in [-0.4, -0.2) is 49.0 Å². The topological polar surface area (TPSA) is 32.3 Å². The van der Waals surface area contributed by atoms with Crippen LogP contribution in [0.5, 0.6) is 0 Å². The molecule has 2 fully saturated rings. The summed E-state index contributed by atoms with van der Waals surface area (Å²) >= 11 is 1.99. The average Bonchev–Trinajstić information content (AvgIpc) is 2.46. The number of carbonyl (C=O) groups excluding carboxylic acids is 1. The first kappa shape index (κ1) is 14.2. The monoisotopic (exact) mass is 270 g/mol. The van der Waals surface area contributed by atoms with Crippen molar-refractivity contribution in [1.82, 2.24) is 10.2 Å². The molecule has 2 saturated heterocycles. The lowest BCUT2D eigenvalue weighted by atomic mass is 9.92. The van der Waals surface area contributed by atoms with Gasteiger partial charge in [0.25, 0.3) is 0 Å². The molecule has 0 atom stereocenters. The molecule has 0 aliphatic carbocycles. The highest BCUT2D eigenvalue weighted by Gasteiger charge is 2.28. The van der Waals surface area contributed by atoms with Crippen molar-refractivity contribution in [2.75, 3.05) is 38.2 Å². The van der Waals surface area contributed by atoms with E-state index < -0.39 is 0 Å². The maximum atomic E-state index is 12.4. The van der Waals surface area contributed by atoms with Gasteiger partial charge in [0.2, 0.25) is 5.91 Å². The van der Waals surface area contributed by atoms with E-state index in [4.69, 9.17) is 0 Å². The maximum Gasteiger partial charge on any atom is 0.225 e. The van der Waals surface area contributed by atoms with Crippen LogP contribution in [0, 0.1) is 11.8 Å². The molecular formula is C14H26N2OS. The number of rotatable bonds is 4. The van der Waals surface area contributed by atoms with Crippen molar-refractivity contribution in [3.05, 3.63) is 0 Å². The fourth-order valence-corrected chi connectivity index (χ4v) is 4.10. The van der Waals surface area contributed by atoms with E-state index in [0.717, 1.165) is 38.4 Å². The van der Waals surface area contributed by atoms with Crippen LogP contribution in [0.3, 0.4) is 0 Å². The van der Waals surface area contributed by atoms with Crippen molar-refractivity contribution in [3.63, 3.8) is 0 Å². The average molecular weight is 270 g/mol. The van der Waals surface area contributed by atoms with Crippen LogP contribution in [-0.2, 0) is 4.79 Å². The highest BCUT2D eigenvalue weighted by atomic mass is 32.2. The van der Waals surface area contributed by atoms with Crippen LogP contribution < -0.4 is 5.32 Å². The standard InChI is InChI=1S/C14H26N2OS/c1-15-7-2-12-3-8-16(9-4-12)14(17)13-5-10-18-11-6-13/h12-13,15H,2-11H2,1H3. The van der Waals surface area contributed by atoms with Gasteiger partial charge in [0.05, 0.1) is 0 Å². The molecule has 2 aliphatic heterocycles. The summed E-state index contributed by atoms with van der Waals surface area (Å²) in [6.45, 7) is 3.10. The molecule has 1 N–H and O–H groups in total. The number of hydrogen-bond acceptors (Lipinski definition) is 3. The highest BCUT2D eigenvalue weighted by Crippen LogP contribution is 2.27. The van der Waals surface area contributed by atoms with Crippen molar-refractivity contribution >= 4 is 17.7 Å². The van der Waals surface area contributed by atoms with Crippen LogP contribution in [0.1, 0.15) is 32.1 Å². The number of likely N-dealkylation sites (tertiary alicyclic amines) is 1. The molecule has 0 aromatic heterocycles. The molecule has 4 heteroatoms. The first-order valence-corrected chi connectivity index (χ1v) is 8.48. The quantitative estimate of drug-likeness (QED) is 0.848. The van der Waals surface area contributed by atoms with Crippen molar-refractivity contribution in [2.45, 2.75) is 32.1 Å². The first-order valence-electron chi connectivity index (χ1n) is 7.32. The van der Waals surface area contributed by atoms with Crippen LogP contribution >= 0.6 is 11.8 Å². The second kappa shape index (κ2) is 7.39. The molecule has 0 aromatic carbocycles. The maximum absolute atomic E-state index is 12.4. The first-order chi connectivity index (χ1) is 8.81. The van der Waals surface area contributed by atoms with Gasteiger partial charge < -0.3 is 10.2 Å². The summed E-state index contributed by atoms with van der Waals surface area (Å²) in [5, 5.41) is 3.22. The second-order valence-electron chi connectivity index (χ2n) is 5.55. The van der Waals surface area contributed by atoms with Crippen molar-refractivity contribution in [3.8, 4) is 0 Å². The molecule has 2 rings (SSSR count). The fraction of sp³-hybridized carbons (Fsp3) is 0.929. The van der Waals surface area contributed by atoms with Gasteiger partial charge in [0.15, 0.2) is 0 Å². The van der Waals surface area contributed by atoms with E-state index >= 15 is 0 Å². The Kier molecular flexibility index (Phi) is 5.83. The Morgan fingerprint density at radius 2 is 1.89 bits per heavy atom. The Hall–Kier alpha value is -0.220. The minimum absolute atomic E-state index is 0.333. The van der Waals surface area contributed by atoms with E-state index in [1.165, 1.54) is 30.8 Å². The minimum Gasteiger partial charge on any atom is -0.342 e. The Morgan fingerprint density at radius 1 is 1.22 bits per heavy atom. The van der Waals surface area contributed by atoms with Gasteiger partial charge in [0.1, 0.15) is 0 Å². The summed E-state index contributed by atoms with van der Waals surface area (Å²) in [5.74, 6) is 3.95. The van der Waals surface area contributed by atoms with Crippen LogP contribution in [0.15, 0.2) is 0 Å². The smallest absolute Gasteiger partial charge is 0.225 e. The number of carbonyl (C=O) groups is 1. The van der Waals surface area contributed by atoms with E-state index in [2.05, 4.69) is 10.2 Å². The number of nitrogens with zero attached hydrogens (tertiary/aromatic N) is 1. The summed E-state index contributed by atoms with van der Waals surface area (Å²) in [5.41, 5.74) is 0. The number of piperidine rings is 1. The Labute approximate surface area is 115 Å². The molecule has 0 bridgehead atoms. The Morgan fingerprint density at radius 3 is 2.50 bits per heavy atom. The van der Waals surface area contributed by atoms with E-state index in [1.54, 1.807) is 0 Å². The molecule has 104 valence electrons. The number of amides is 1. The van der Waals surface area contributed by atoms with Crippen molar-refractivity contribution in [1.29, 1.82) is 0 Å². The number of nitrogens with one attached hydrogen (secondary N) is 1. The van der Waals surface area contributed by atoms with Crippen LogP contribution in [0.4, 0.5) is 0 Å². The molecule has 2 aliphatic rings. The predicted octanol–water partition coefficient (Wildman–Crippen LogP) is 1.98. The molecule has 0 unspecified atom stereocenters. The third-order valence-corrected chi connectivity index (χ3v) is 5.35. The summed E-state index contributed by atoms with van der Waals surface area (Å²) in [6.07, 6.45) is 5.87. The number of thioether (sulfide) groups is 1. The predicted molar refractivity (Wildman–Crippen MR) is 77.9 cm³/mol. The molecule has 0 spiro atoms. The lowest BCUT2D eigenvalue weighted by molar-refractivity contribution is -0.137.